The second-order valence-electron chi connectivity index (χ2n) is 7.52. The van der Waals surface area contributed by atoms with Crippen LogP contribution in [0, 0.1) is 11.8 Å². The number of ether oxygens (including phenoxy) is 1. The molecule has 1 aromatic carbocycles. The van der Waals surface area contributed by atoms with Gasteiger partial charge in [-0.25, -0.2) is 0 Å². The van der Waals surface area contributed by atoms with Crippen LogP contribution in [0.2, 0.25) is 0 Å². The highest BCUT2D eigenvalue weighted by Gasteiger charge is 2.32. The van der Waals surface area contributed by atoms with E-state index >= 15 is 0 Å². The quantitative estimate of drug-likeness (QED) is 0.486. The van der Waals surface area contributed by atoms with E-state index < -0.39 is 17.7 Å². The molecule has 0 aliphatic heterocycles. The van der Waals surface area contributed by atoms with Crippen molar-refractivity contribution in [2.45, 2.75) is 46.8 Å². The fourth-order valence-corrected chi connectivity index (χ4v) is 3.86. The van der Waals surface area contributed by atoms with Gasteiger partial charge in [-0.15, -0.1) is 0 Å². The van der Waals surface area contributed by atoms with Gasteiger partial charge in [-0.3, -0.25) is 9.59 Å². The molecule has 0 bridgehead atoms. The van der Waals surface area contributed by atoms with Crippen LogP contribution in [0.3, 0.4) is 0 Å². The number of halogens is 4. The average Bonchev–Trinajstić information content (AvgIpc) is 2.70. The topological polar surface area (TPSA) is 46.6 Å². The lowest BCUT2D eigenvalue weighted by Crippen LogP contribution is -2.28. The average molecular weight is 458 g/mol. The van der Waals surface area contributed by atoms with Crippen LogP contribution in [0.15, 0.2) is 35.4 Å². The molecule has 2 atom stereocenters. The van der Waals surface area contributed by atoms with Gasteiger partial charge in [0.25, 0.3) is 0 Å². The Hall–Kier alpha value is -2.28. The monoisotopic (exact) mass is 457 g/mol. The summed E-state index contributed by atoms with van der Waals surface area (Å²) in [5.74, 6) is -1.29. The first kappa shape index (κ1) is 25.0. The van der Waals surface area contributed by atoms with Gasteiger partial charge in [0, 0.05) is 25.0 Å². The molecular weight excluding hydrogens is 431 g/mol. The molecular formula is C23H27ClF3NO3. The van der Waals surface area contributed by atoms with E-state index in [0.29, 0.717) is 34.7 Å². The minimum Gasteiger partial charge on any atom is -0.466 e. The Morgan fingerprint density at radius 2 is 1.97 bits per heavy atom. The lowest BCUT2D eigenvalue weighted by molar-refractivity contribution is -0.148. The van der Waals surface area contributed by atoms with Crippen molar-refractivity contribution >= 4 is 29.1 Å². The van der Waals surface area contributed by atoms with Crippen molar-refractivity contribution in [3.8, 4) is 0 Å². The van der Waals surface area contributed by atoms with E-state index in [4.69, 9.17) is 16.3 Å². The first-order valence-corrected chi connectivity index (χ1v) is 10.6. The van der Waals surface area contributed by atoms with Crippen LogP contribution in [0.4, 0.5) is 13.2 Å². The second kappa shape index (κ2) is 10.4. The third-order valence-electron chi connectivity index (χ3n) is 5.37. The van der Waals surface area contributed by atoms with Crippen molar-refractivity contribution in [1.82, 2.24) is 4.90 Å². The lowest BCUT2D eigenvalue weighted by Gasteiger charge is -2.26. The van der Waals surface area contributed by atoms with Gasteiger partial charge in [0.15, 0.2) is 0 Å². The highest BCUT2D eigenvalue weighted by atomic mass is 35.5. The summed E-state index contributed by atoms with van der Waals surface area (Å²) in [6.45, 7) is 7.27. The van der Waals surface area contributed by atoms with E-state index in [1.807, 2.05) is 6.08 Å². The van der Waals surface area contributed by atoms with E-state index in [1.54, 1.807) is 26.8 Å². The van der Waals surface area contributed by atoms with Crippen LogP contribution in [0.25, 0.3) is 5.57 Å². The van der Waals surface area contributed by atoms with Gasteiger partial charge in [0.2, 0.25) is 5.91 Å². The molecule has 1 amide bonds. The summed E-state index contributed by atoms with van der Waals surface area (Å²) in [6, 6.07) is 3.49. The highest BCUT2D eigenvalue weighted by Crippen LogP contribution is 2.38. The number of allylic oxidation sites excluding steroid dienone is 4. The van der Waals surface area contributed by atoms with Gasteiger partial charge >= 0.3 is 12.1 Å². The van der Waals surface area contributed by atoms with Crippen molar-refractivity contribution in [3.63, 3.8) is 0 Å². The SMILES string of the molecule is CCOC(=O)C(C)C1C=C(c2ccc(C(F)(F)F)cc2CN(CC)C(C)=O)C=C(Cl)C1. The maximum atomic E-state index is 13.3. The smallest absolute Gasteiger partial charge is 0.416 e. The Bertz CT molecular complexity index is 893. The number of hydrogen-bond acceptors (Lipinski definition) is 3. The fourth-order valence-electron chi connectivity index (χ4n) is 3.56. The van der Waals surface area contributed by atoms with Crippen LogP contribution in [-0.2, 0) is 27.0 Å². The summed E-state index contributed by atoms with van der Waals surface area (Å²) in [5, 5.41) is 0.503. The van der Waals surface area contributed by atoms with Crippen LogP contribution in [0.1, 0.15) is 50.8 Å². The second-order valence-corrected chi connectivity index (χ2v) is 8.01. The van der Waals surface area contributed by atoms with Gasteiger partial charge in [-0.05, 0) is 61.1 Å². The van der Waals surface area contributed by atoms with Crippen molar-refractivity contribution in [2.24, 2.45) is 11.8 Å². The third kappa shape index (κ3) is 6.35. The molecule has 0 aromatic heterocycles. The number of carbonyl (C=O) groups excluding carboxylic acids is 2. The molecule has 4 nitrogen and oxygen atoms in total. The van der Waals surface area contributed by atoms with Crippen LogP contribution < -0.4 is 0 Å². The normalized spacial score (nSPS) is 17.5. The molecule has 1 aliphatic rings. The number of amides is 1. The summed E-state index contributed by atoms with van der Waals surface area (Å²) >= 11 is 6.35. The molecule has 0 spiro atoms. The highest BCUT2D eigenvalue weighted by molar-refractivity contribution is 6.30. The number of nitrogens with zero attached hydrogens (tertiary/aromatic N) is 1. The minimum absolute atomic E-state index is 0.0337. The van der Waals surface area contributed by atoms with E-state index in [1.165, 1.54) is 17.9 Å². The molecule has 2 rings (SSSR count). The molecule has 31 heavy (non-hydrogen) atoms. The van der Waals surface area contributed by atoms with Gasteiger partial charge in [0.1, 0.15) is 0 Å². The summed E-state index contributed by atoms with van der Waals surface area (Å²) in [4.78, 5) is 25.5. The Balaban J connectivity index is 2.53. The number of benzene rings is 1. The van der Waals surface area contributed by atoms with Crippen LogP contribution >= 0.6 is 11.6 Å². The fraction of sp³-hybridized carbons (Fsp3) is 0.478. The minimum atomic E-state index is -4.50. The van der Waals surface area contributed by atoms with Crippen molar-refractivity contribution in [3.05, 3.63) is 52.1 Å². The molecule has 0 radical (unpaired) electrons. The zero-order valence-corrected chi connectivity index (χ0v) is 18.8. The summed E-state index contributed by atoms with van der Waals surface area (Å²) < 4.78 is 45.1. The molecule has 0 heterocycles. The third-order valence-corrected chi connectivity index (χ3v) is 5.63. The molecule has 0 N–H and O–H groups in total. The largest absolute Gasteiger partial charge is 0.466 e. The van der Waals surface area contributed by atoms with Gasteiger partial charge in [0.05, 0.1) is 18.1 Å². The van der Waals surface area contributed by atoms with E-state index in [9.17, 15) is 22.8 Å². The van der Waals surface area contributed by atoms with Crippen LogP contribution in [0.5, 0.6) is 0 Å². The molecule has 0 fully saturated rings. The maximum Gasteiger partial charge on any atom is 0.416 e. The number of rotatable bonds is 7. The predicted octanol–water partition coefficient (Wildman–Crippen LogP) is 5.80. The number of hydrogen-bond donors (Lipinski definition) is 0. The van der Waals surface area contributed by atoms with Gasteiger partial charge < -0.3 is 9.64 Å². The zero-order chi connectivity index (χ0) is 23.3. The predicted molar refractivity (Wildman–Crippen MR) is 114 cm³/mol. The molecule has 0 saturated carbocycles. The summed E-state index contributed by atoms with van der Waals surface area (Å²) in [5.41, 5.74) is 0.754. The number of esters is 1. The van der Waals surface area contributed by atoms with Crippen molar-refractivity contribution < 1.29 is 27.5 Å². The standard InChI is InChI=1S/C23H27ClF3NO3/c1-5-28(15(4)29)13-18-10-19(23(25,26)27)7-8-21(18)17-9-16(11-20(24)12-17)14(3)22(30)31-6-2/h7-10,12,14,16H,5-6,11,13H2,1-4H3. The van der Waals surface area contributed by atoms with Crippen molar-refractivity contribution in [1.29, 1.82) is 0 Å². The Morgan fingerprint density at radius 3 is 2.52 bits per heavy atom. The first-order chi connectivity index (χ1) is 14.5. The van der Waals surface area contributed by atoms with Crippen molar-refractivity contribution in [2.75, 3.05) is 13.2 Å². The zero-order valence-electron chi connectivity index (χ0n) is 18.1. The summed E-state index contributed by atoms with van der Waals surface area (Å²) in [7, 11) is 0. The molecule has 170 valence electrons. The number of alkyl halides is 3. The molecule has 2 unspecified atom stereocenters. The summed E-state index contributed by atoms with van der Waals surface area (Å²) in [6.07, 6.45) is -0.513. The molecule has 1 aliphatic carbocycles. The van der Waals surface area contributed by atoms with Gasteiger partial charge in [-0.1, -0.05) is 30.7 Å². The van der Waals surface area contributed by atoms with Crippen LogP contribution in [-0.4, -0.2) is 29.9 Å². The number of carbonyl (C=O) groups is 2. The Labute approximate surface area is 185 Å². The Morgan fingerprint density at radius 1 is 1.29 bits per heavy atom. The first-order valence-electron chi connectivity index (χ1n) is 10.2. The van der Waals surface area contributed by atoms with E-state index in [0.717, 1.165) is 12.1 Å². The molecule has 1 aromatic rings. The molecule has 0 saturated heterocycles. The molecule has 8 heteroatoms. The van der Waals surface area contributed by atoms with E-state index in [2.05, 4.69) is 0 Å². The lowest BCUT2D eigenvalue weighted by atomic mass is 9.83. The maximum absolute atomic E-state index is 13.3. The van der Waals surface area contributed by atoms with Gasteiger partial charge in [-0.2, -0.15) is 13.2 Å². The van der Waals surface area contributed by atoms with E-state index in [-0.39, 0.29) is 30.9 Å². The Kier molecular flexibility index (Phi) is 8.34.